The Balaban J connectivity index is 2.14. The van der Waals surface area contributed by atoms with E-state index in [4.69, 9.17) is 0 Å². The molecule has 0 unspecified atom stereocenters. The quantitative estimate of drug-likeness (QED) is 0.677. The van der Waals surface area contributed by atoms with Gasteiger partial charge in [-0.25, -0.2) is 0 Å². The third-order valence-corrected chi connectivity index (χ3v) is 3.23. The monoisotopic (exact) mass is 260 g/mol. The maximum atomic E-state index is 10.9. The van der Waals surface area contributed by atoms with Crippen LogP contribution in [0.5, 0.6) is 0 Å². The number of aryl methyl sites for hydroxylation is 2. The molecule has 100 valence electrons. The molecule has 0 aliphatic carbocycles. The number of benzene rings is 1. The molecular weight excluding hydrogens is 244 g/mol. The minimum absolute atomic E-state index is 0.132. The average molecular weight is 260 g/mol. The van der Waals surface area contributed by atoms with Gasteiger partial charge in [-0.15, -0.1) is 0 Å². The van der Waals surface area contributed by atoms with Crippen molar-refractivity contribution in [2.24, 2.45) is 7.05 Å². The van der Waals surface area contributed by atoms with Gasteiger partial charge in [-0.2, -0.15) is 5.10 Å². The van der Waals surface area contributed by atoms with Crippen LogP contribution in [0, 0.1) is 24.0 Å². The second-order valence-electron chi connectivity index (χ2n) is 4.49. The average Bonchev–Trinajstić information content (AvgIpc) is 2.69. The predicted molar refractivity (Wildman–Crippen MR) is 73.1 cm³/mol. The molecule has 19 heavy (non-hydrogen) atoms. The van der Waals surface area contributed by atoms with Crippen LogP contribution in [0.1, 0.15) is 16.8 Å². The van der Waals surface area contributed by atoms with Gasteiger partial charge < -0.3 is 5.32 Å². The van der Waals surface area contributed by atoms with Crippen molar-refractivity contribution in [1.29, 1.82) is 0 Å². The summed E-state index contributed by atoms with van der Waals surface area (Å²) in [6.07, 6.45) is 1.80. The van der Waals surface area contributed by atoms with E-state index in [-0.39, 0.29) is 10.6 Å². The highest BCUT2D eigenvalue weighted by Crippen LogP contribution is 2.22. The molecule has 0 amide bonds. The lowest BCUT2D eigenvalue weighted by Gasteiger charge is -2.07. The second kappa shape index (κ2) is 5.09. The van der Waals surface area contributed by atoms with Crippen LogP contribution in [0.25, 0.3) is 0 Å². The minimum Gasteiger partial charge on any atom is -0.381 e. The summed E-state index contributed by atoms with van der Waals surface area (Å²) in [5.41, 5.74) is 3.68. The zero-order valence-corrected chi connectivity index (χ0v) is 11.2. The van der Waals surface area contributed by atoms with Crippen LogP contribution in [0.15, 0.2) is 24.4 Å². The van der Waals surface area contributed by atoms with Crippen LogP contribution in [-0.2, 0) is 13.6 Å². The highest BCUT2D eigenvalue weighted by molar-refractivity contribution is 5.55. The number of nitro benzene ring substituents is 1. The molecule has 6 nitrogen and oxygen atoms in total. The van der Waals surface area contributed by atoms with E-state index in [9.17, 15) is 10.1 Å². The van der Waals surface area contributed by atoms with Gasteiger partial charge in [0.05, 0.1) is 11.1 Å². The summed E-state index contributed by atoms with van der Waals surface area (Å²) in [6, 6.07) is 5.14. The van der Waals surface area contributed by atoms with E-state index in [1.807, 2.05) is 20.0 Å². The fourth-order valence-electron chi connectivity index (χ4n) is 1.83. The number of nitrogens with zero attached hydrogens (tertiary/aromatic N) is 3. The Hall–Kier alpha value is -2.37. The molecule has 1 heterocycles. The fourth-order valence-corrected chi connectivity index (χ4v) is 1.83. The Labute approximate surface area is 111 Å². The van der Waals surface area contributed by atoms with Gasteiger partial charge in [0.1, 0.15) is 0 Å². The Bertz CT molecular complexity index is 619. The third kappa shape index (κ3) is 2.73. The maximum Gasteiger partial charge on any atom is 0.274 e. The van der Waals surface area contributed by atoms with Crippen molar-refractivity contribution in [3.63, 3.8) is 0 Å². The minimum atomic E-state index is -0.365. The van der Waals surface area contributed by atoms with Crippen LogP contribution in [0.4, 0.5) is 11.4 Å². The first-order valence-corrected chi connectivity index (χ1v) is 5.95. The van der Waals surface area contributed by atoms with Crippen molar-refractivity contribution in [3.05, 3.63) is 51.3 Å². The predicted octanol–water partition coefficient (Wildman–Crippen LogP) is 2.56. The van der Waals surface area contributed by atoms with Gasteiger partial charge >= 0.3 is 0 Å². The highest BCUT2D eigenvalue weighted by atomic mass is 16.6. The van der Waals surface area contributed by atoms with Gasteiger partial charge in [-0.1, -0.05) is 6.07 Å². The van der Waals surface area contributed by atoms with E-state index in [1.165, 1.54) is 0 Å². The van der Waals surface area contributed by atoms with Crippen LogP contribution in [0.3, 0.4) is 0 Å². The summed E-state index contributed by atoms with van der Waals surface area (Å²) in [5.74, 6) is 0. The van der Waals surface area contributed by atoms with Crippen LogP contribution in [0.2, 0.25) is 0 Å². The van der Waals surface area contributed by atoms with E-state index in [1.54, 1.807) is 29.9 Å². The van der Waals surface area contributed by atoms with Crippen LogP contribution >= 0.6 is 0 Å². The number of anilines is 1. The number of aromatic nitrogens is 2. The first-order chi connectivity index (χ1) is 8.99. The maximum absolute atomic E-state index is 10.9. The normalized spacial score (nSPS) is 10.5. The summed E-state index contributed by atoms with van der Waals surface area (Å²) in [4.78, 5) is 10.5. The fraction of sp³-hybridized carbons (Fsp3) is 0.308. The zero-order valence-electron chi connectivity index (χ0n) is 11.2. The molecule has 0 bridgehead atoms. The largest absolute Gasteiger partial charge is 0.381 e. The van der Waals surface area contributed by atoms with E-state index in [0.717, 1.165) is 16.9 Å². The number of nitro groups is 1. The molecule has 0 atom stereocenters. The lowest BCUT2D eigenvalue weighted by atomic mass is 10.2. The van der Waals surface area contributed by atoms with Gasteiger partial charge in [0, 0.05) is 42.2 Å². The SMILES string of the molecule is Cc1ccc(NCc2cnn(C)c2C)cc1[N+](=O)[O-]. The second-order valence-corrected chi connectivity index (χ2v) is 4.49. The molecule has 2 rings (SSSR count). The van der Waals surface area contributed by atoms with E-state index in [2.05, 4.69) is 10.4 Å². The Morgan fingerprint density at radius 2 is 2.16 bits per heavy atom. The molecule has 0 radical (unpaired) electrons. The number of hydrogen-bond donors (Lipinski definition) is 1. The molecule has 1 aromatic carbocycles. The summed E-state index contributed by atoms with van der Waals surface area (Å²) in [6.45, 7) is 4.31. The number of rotatable bonds is 4. The lowest BCUT2D eigenvalue weighted by Crippen LogP contribution is -2.02. The standard InChI is InChI=1S/C13H16N4O2/c1-9-4-5-12(6-13(9)17(18)19)14-7-11-8-15-16(3)10(11)2/h4-6,8,14H,7H2,1-3H3. The highest BCUT2D eigenvalue weighted by Gasteiger charge is 2.11. The molecule has 1 N–H and O–H groups in total. The van der Waals surface area contributed by atoms with Gasteiger partial charge in [0.25, 0.3) is 5.69 Å². The lowest BCUT2D eigenvalue weighted by molar-refractivity contribution is -0.385. The van der Waals surface area contributed by atoms with Gasteiger partial charge in [0.2, 0.25) is 0 Å². The van der Waals surface area contributed by atoms with Gasteiger partial charge in [-0.05, 0) is 19.9 Å². The molecule has 1 aromatic heterocycles. The first-order valence-electron chi connectivity index (χ1n) is 5.95. The van der Waals surface area contributed by atoms with Crippen molar-refractivity contribution in [2.75, 3.05) is 5.32 Å². The van der Waals surface area contributed by atoms with Gasteiger partial charge in [0.15, 0.2) is 0 Å². The molecular formula is C13H16N4O2. The molecule has 2 aromatic rings. The van der Waals surface area contributed by atoms with Crippen molar-refractivity contribution in [1.82, 2.24) is 9.78 Å². The topological polar surface area (TPSA) is 73.0 Å². The van der Waals surface area contributed by atoms with Crippen LogP contribution < -0.4 is 5.32 Å². The zero-order chi connectivity index (χ0) is 14.0. The summed E-state index contributed by atoms with van der Waals surface area (Å²) < 4.78 is 1.80. The van der Waals surface area contributed by atoms with E-state index < -0.39 is 0 Å². The number of nitrogens with one attached hydrogen (secondary N) is 1. The van der Waals surface area contributed by atoms with Crippen molar-refractivity contribution in [2.45, 2.75) is 20.4 Å². The smallest absolute Gasteiger partial charge is 0.274 e. The summed E-state index contributed by atoms with van der Waals surface area (Å²) in [5, 5.41) is 18.2. The van der Waals surface area contributed by atoms with Crippen molar-refractivity contribution in [3.8, 4) is 0 Å². The summed E-state index contributed by atoms with van der Waals surface area (Å²) in [7, 11) is 1.88. The molecule has 0 aliphatic heterocycles. The first kappa shape index (κ1) is 13.1. The molecule has 0 aliphatic rings. The Kier molecular flexibility index (Phi) is 3.50. The van der Waals surface area contributed by atoms with Gasteiger partial charge in [-0.3, -0.25) is 14.8 Å². The summed E-state index contributed by atoms with van der Waals surface area (Å²) >= 11 is 0. The Morgan fingerprint density at radius 1 is 1.42 bits per heavy atom. The third-order valence-electron chi connectivity index (χ3n) is 3.23. The molecule has 0 saturated carbocycles. The molecule has 0 saturated heterocycles. The van der Waals surface area contributed by atoms with Crippen molar-refractivity contribution >= 4 is 11.4 Å². The molecule has 0 spiro atoms. The number of hydrogen-bond acceptors (Lipinski definition) is 4. The van der Waals surface area contributed by atoms with E-state index >= 15 is 0 Å². The van der Waals surface area contributed by atoms with E-state index in [0.29, 0.717) is 12.1 Å². The Morgan fingerprint density at radius 3 is 2.74 bits per heavy atom. The van der Waals surface area contributed by atoms with Crippen molar-refractivity contribution < 1.29 is 4.92 Å². The molecule has 6 heteroatoms. The van der Waals surface area contributed by atoms with Crippen LogP contribution in [-0.4, -0.2) is 14.7 Å². The molecule has 0 fully saturated rings.